The van der Waals surface area contributed by atoms with E-state index < -0.39 is 24.0 Å². The van der Waals surface area contributed by atoms with Crippen molar-refractivity contribution in [2.45, 2.75) is 12.6 Å². The number of aromatic amines is 1. The van der Waals surface area contributed by atoms with Gasteiger partial charge in [-0.3, -0.25) is 4.79 Å². The van der Waals surface area contributed by atoms with E-state index >= 15 is 0 Å². The molecule has 0 fully saturated rings. The molecule has 1 atom stereocenters. The van der Waals surface area contributed by atoms with Crippen LogP contribution in [0.5, 0.6) is 0 Å². The van der Waals surface area contributed by atoms with Gasteiger partial charge >= 0.3 is 12.1 Å². The van der Waals surface area contributed by atoms with Gasteiger partial charge in [0.25, 0.3) is 5.91 Å². The van der Waals surface area contributed by atoms with E-state index in [4.69, 9.17) is 21.1 Å². The fourth-order valence-electron chi connectivity index (χ4n) is 2.76. The number of aromatic nitrogens is 1. The third-order valence-corrected chi connectivity index (χ3v) is 4.52. The van der Waals surface area contributed by atoms with Crippen molar-refractivity contribution in [3.8, 4) is 0 Å². The van der Waals surface area contributed by atoms with Gasteiger partial charge in [-0.05, 0) is 29.8 Å². The zero-order valence-electron chi connectivity index (χ0n) is 16.1. The lowest BCUT2D eigenvalue weighted by Crippen LogP contribution is -2.49. The first-order valence-corrected chi connectivity index (χ1v) is 9.45. The second kappa shape index (κ2) is 9.80. The van der Waals surface area contributed by atoms with Crippen molar-refractivity contribution in [3.05, 3.63) is 70.9 Å². The molecule has 0 aliphatic rings. The van der Waals surface area contributed by atoms with Crippen LogP contribution in [0.3, 0.4) is 0 Å². The number of hydrogen-bond acceptors (Lipinski definition) is 5. The van der Waals surface area contributed by atoms with Crippen LogP contribution in [0.25, 0.3) is 10.9 Å². The third kappa shape index (κ3) is 5.51. The van der Waals surface area contributed by atoms with E-state index in [0.717, 1.165) is 16.5 Å². The number of methoxy groups -OCH3 is 1. The molecule has 3 rings (SSSR count). The summed E-state index contributed by atoms with van der Waals surface area (Å²) < 4.78 is 9.80. The lowest BCUT2D eigenvalue weighted by atomic mass is 10.2. The Labute approximate surface area is 177 Å². The molecule has 0 saturated carbocycles. The highest BCUT2D eigenvalue weighted by Gasteiger charge is 2.23. The van der Waals surface area contributed by atoms with Gasteiger partial charge in [-0.2, -0.15) is 0 Å². The van der Waals surface area contributed by atoms with Crippen molar-refractivity contribution in [2.75, 3.05) is 13.7 Å². The van der Waals surface area contributed by atoms with Crippen molar-refractivity contribution < 1.29 is 23.9 Å². The summed E-state index contributed by atoms with van der Waals surface area (Å²) in [5, 5.41) is 6.33. The van der Waals surface area contributed by atoms with Crippen LogP contribution in [0.15, 0.2) is 54.6 Å². The van der Waals surface area contributed by atoms with Gasteiger partial charge in [0.05, 0.1) is 7.11 Å². The topological polar surface area (TPSA) is 110 Å². The van der Waals surface area contributed by atoms with E-state index in [9.17, 15) is 14.4 Å². The fourth-order valence-corrected chi connectivity index (χ4v) is 2.94. The first-order valence-electron chi connectivity index (χ1n) is 9.08. The van der Waals surface area contributed by atoms with Crippen LogP contribution in [0.1, 0.15) is 16.1 Å². The second-order valence-corrected chi connectivity index (χ2v) is 6.84. The van der Waals surface area contributed by atoms with E-state index in [0.29, 0.717) is 10.7 Å². The number of hydrogen-bond donors (Lipinski definition) is 3. The van der Waals surface area contributed by atoms with Gasteiger partial charge in [0, 0.05) is 22.5 Å². The summed E-state index contributed by atoms with van der Waals surface area (Å²) in [6.45, 7) is -0.132. The van der Waals surface area contributed by atoms with Gasteiger partial charge in [0.2, 0.25) is 0 Å². The SMILES string of the molecule is COC(=O)C(CNC(=O)c1cc2cc(Cl)ccc2[nH]1)NC(=O)OCc1ccccc1. The smallest absolute Gasteiger partial charge is 0.408 e. The number of rotatable bonds is 7. The Kier molecular flexibility index (Phi) is 6.92. The molecule has 3 aromatic rings. The van der Waals surface area contributed by atoms with Crippen molar-refractivity contribution in [2.24, 2.45) is 0 Å². The van der Waals surface area contributed by atoms with E-state index in [2.05, 4.69) is 15.6 Å². The molecule has 9 heteroatoms. The number of fused-ring (bicyclic) bond motifs is 1. The number of amides is 2. The highest BCUT2D eigenvalue weighted by atomic mass is 35.5. The second-order valence-electron chi connectivity index (χ2n) is 6.41. The first kappa shape index (κ1) is 21.2. The highest BCUT2D eigenvalue weighted by molar-refractivity contribution is 6.31. The minimum absolute atomic E-state index is 0.0462. The van der Waals surface area contributed by atoms with E-state index in [1.54, 1.807) is 36.4 Å². The molecule has 8 nitrogen and oxygen atoms in total. The predicted octanol–water partition coefficient (Wildman–Crippen LogP) is 3.02. The van der Waals surface area contributed by atoms with Gasteiger partial charge in [-0.25, -0.2) is 9.59 Å². The first-order chi connectivity index (χ1) is 14.5. The lowest BCUT2D eigenvalue weighted by molar-refractivity contribution is -0.142. The van der Waals surface area contributed by atoms with Gasteiger partial charge in [0.1, 0.15) is 18.3 Å². The summed E-state index contributed by atoms with van der Waals surface area (Å²) in [4.78, 5) is 39.4. The number of benzene rings is 2. The summed E-state index contributed by atoms with van der Waals surface area (Å²) in [6, 6.07) is 14.8. The maximum Gasteiger partial charge on any atom is 0.408 e. The molecule has 0 aliphatic carbocycles. The van der Waals surface area contributed by atoms with Crippen LogP contribution < -0.4 is 10.6 Å². The number of alkyl carbamates (subject to hydrolysis) is 1. The molecule has 1 heterocycles. The lowest BCUT2D eigenvalue weighted by Gasteiger charge is -2.17. The maximum absolute atomic E-state index is 12.4. The van der Waals surface area contributed by atoms with Gasteiger partial charge < -0.3 is 25.1 Å². The molecule has 2 aromatic carbocycles. The molecule has 3 N–H and O–H groups in total. The van der Waals surface area contributed by atoms with Crippen LogP contribution in [-0.2, 0) is 20.9 Å². The van der Waals surface area contributed by atoms with E-state index in [-0.39, 0.29) is 13.2 Å². The number of carbonyl (C=O) groups is 3. The van der Waals surface area contributed by atoms with E-state index in [1.165, 1.54) is 7.11 Å². The standard InChI is InChI=1S/C21H20ClN3O5/c1-29-20(27)18(25-21(28)30-12-13-5-3-2-4-6-13)11-23-19(26)17-10-14-9-15(22)7-8-16(14)24-17/h2-10,18,24H,11-12H2,1H3,(H,23,26)(H,25,28). The molecule has 30 heavy (non-hydrogen) atoms. The Balaban J connectivity index is 1.57. The van der Waals surface area contributed by atoms with Crippen LogP contribution in [0.2, 0.25) is 5.02 Å². The zero-order chi connectivity index (χ0) is 21.5. The van der Waals surface area contributed by atoms with Crippen LogP contribution >= 0.6 is 11.6 Å². The molecule has 1 aromatic heterocycles. The van der Waals surface area contributed by atoms with Crippen molar-refractivity contribution in [1.82, 2.24) is 15.6 Å². The Morgan fingerprint density at radius 3 is 2.60 bits per heavy atom. The Morgan fingerprint density at radius 1 is 1.10 bits per heavy atom. The molecule has 2 amide bonds. The minimum Gasteiger partial charge on any atom is -0.467 e. The number of nitrogens with one attached hydrogen (secondary N) is 3. The molecular weight excluding hydrogens is 410 g/mol. The molecule has 156 valence electrons. The van der Waals surface area contributed by atoms with E-state index in [1.807, 2.05) is 18.2 Å². The van der Waals surface area contributed by atoms with Crippen molar-refractivity contribution in [3.63, 3.8) is 0 Å². The molecule has 0 radical (unpaired) electrons. The van der Waals surface area contributed by atoms with Crippen LogP contribution in [0.4, 0.5) is 4.79 Å². The predicted molar refractivity (Wildman–Crippen MR) is 111 cm³/mol. The number of carbonyl (C=O) groups excluding carboxylic acids is 3. The van der Waals surface area contributed by atoms with Gasteiger partial charge in [0.15, 0.2) is 0 Å². The summed E-state index contributed by atoms with van der Waals surface area (Å²) in [5.74, 6) is -1.16. The fraction of sp³-hybridized carbons (Fsp3) is 0.190. The number of esters is 1. The maximum atomic E-state index is 12.4. The number of ether oxygens (including phenoxy) is 2. The number of halogens is 1. The summed E-state index contributed by atoms with van der Waals surface area (Å²) in [7, 11) is 1.19. The molecule has 1 unspecified atom stereocenters. The Hall–Kier alpha value is -3.52. The largest absolute Gasteiger partial charge is 0.467 e. The highest BCUT2D eigenvalue weighted by Crippen LogP contribution is 2.20. The molecule has 0 saturated heterocycles. The molecular formula is C21H20ClN3O5. The van der Waals surface area contributed by atoms with Crippen molar-refractivity contribution >= 4 is 40.5 Å². The summed E-state index contributed by atoms with van der Waals surface area (Å²) in [5.41, 5.74) is 1.84. The average Bonchev–Trinajstić information content (AvgIpc) is 3.18. The normalized spacial score (nSPS) is 11.5. The minimum atomic E-state index is -1.11. The third-order valence-electron chi connectivity index (χ3n) is 4.28. The number of H-pyrrole nitrogens is 1. The average molecular weight is 430 g/mol. The Morgan fingerprint density at radius 2 is 1.87 bits per heavy atom. The Bertz CT molecular complexity index is 1050. The molecule has 0 bridgehead atoms. The van der Waals surface area contributed by atoms with Crippen molar-refractivity contribution in [1.29, 1.82) is 0 Å². The summed E-state index contributed by atoms with van der Waals surface area (Å²) in [6.07, 6.45) is -0.802. The van der Waals surface area contributed by atoms with Crippen LogP contribution in [-0.4, -0.2) is 42.7 Å². The monoisotopic (exact) mass is 429 g/mol. The van der Waals surface area contributed by atoms with Gasteiger partial charge in [-0.15, -0.1) is 0 Å². The quantitative estimate of drug-likeness (QED) is 0.500. The zero-order valence-corrected chi connectivity index (χ0v) is 16.9. The molecule has 0 spiro atoms. The molecule has 0 aliphatic heterocycles. The van der Waals surface area contributed by atoms with Crippen LogP contribution in [0, 0.1) is 0 Å². The van der Waals surface area contributed by atoms with Gasteiger partial charge in [-0.1, -0.05) is 41.9 Å². The summed E-state index contributed by atoms with van der Waals surface area (Å²) >= 11 is 5.96.